The first-order chi connectivity index (χ1) is 9.69. The van der Waals surface area contributed by atoms with Gasteiger partial charge in [0, 0.05) is 45.0 Å². The van der Waals surface area contributed by atoms with Gasteiger partial charge >= 0.3 is 0 Å². The quantitative estimate of drug-likeness (QED) is 0.861. The molecular formula is C17H29N3. The van der Waals surface area contributed by atoms with Crippen LogP contribution in [-0.4, -0.2) is 44.2 Å². The smallest absolute Gasteiger partial charge is 0.0367 e. The molecule has 2 rings (SSSR count). The van der Waals surface area contributed by atoms with E-state index in [2.05, 4.69) is 60.2 Å². The molecule has 1 aliphatic rings. The van der Waals surface area contributed by atoms with E-state index in [4.69, 9.17) is 0 Å². The minimum atomic E-state index is 0.770. The van der Waals surface area contributed by atoms with Crippen molar-refractivity contribution < 1.29 is 0 Å². The summed E-state index contributed by atoms with van der Waals surface area (Å²) in [6.45, 7) is 14.7. The van der Waals surface area contributed by atoms with E-state index in [0.29, 0.717) is 0 Å². The molecule has 0 spiro atoms. The molecule has 0 unspecified atom stereocenters. The fourth-order valence-corrected chi connectivity index (χ4v) is 2.80. The minimum absolute atomic E-state index is 0.770. The second-order valence-corrected chi connectivity index (χ2v) is 6.13. The third-order valence-electron chi connectivity index (χ3n) is 3.88. The van der Waals surface area contributed by atoms with E-state index in [-0.39, 0.29) is 0 Å². The van der Waals surface area contributed by atoms with Crippen molar-refractivity contribution in [2.24, 2.45) is 5.92 Å². The normalized spacial score (nSPS) is 16.9. The van der Waals surface area contributed by atoms with Gasteiger partial charge in [0.2, 0.25) is 0 Å². The number of nitrogens with one attached hydrogen (secondary N) is 1. The number of hydrogen-bond acceptors (Lipinski definition) is 3. The maximum atomic E-state index is 3.37. The molecular weight excluding hydrogens is 246 g/mol. The van der Waals surface area contributed by atoms with Gasteiger partial charge in [0.05, 0.1) is 0 Å². The second kappa shape index (κ2) is 7.65. The van der Waals surface area contributed by atoms with Gasteiger partial charge in [-0.3, -0.25) is 4.90 Å². The van der Waals surface area contributed by atoms with Crippen LogP contribution >= 0.6 is 0 Å². The lowest BCUT2D eigenvalue weighted by atomic mass is 10.1. The number of rotatable bonds is 6. The van der Waals surface area contributed by atoms with E-state index in [1.54, 1.807) is 0 Å². The van der Waals surface area contributed by atoms with Crippen molar-refractivity contribution in [3.05, 3.63) is 29.8 Å². The van der Waals surface area contributed by atoms with E-state index in [0.717, 1.165) is 32.1 Å². The van der Waals surface area contributed by atoms with Gasteiger partial charge in [-0.25, -0.2) is 0 Å². The van der Waals surface area contributed by atoms with Gasteiger partial charge in [-0.05, 0) is 30.2 Å². The van der Waals surface area contributed by atoms with Crippen molar-refractivity contribution in [1.82, 2.24) is 10.2 Å². The molecule has 1 N–H and O–H groups in total. The van der Waals surface area contributed by atoms with E-state index in [1.165, 1.54) is 30.9 Å². The molecule has 3 nitrogen and oxygen atoms in total. The Morgan fingerprint density at radius 3 is 2.25 bits per heavy atom. The van der Waals surface area contributed by atoms with Crippen molar-refractivity contribution in [3.8, 4) is 0 Å². The highest BCUT2D eigenvalue weighted by Crippen LogP contribution is 2.17. The first-order valence-electron chi connectivity index (χ1n) is 7.96. The molecule has 1 saturated heterocycles. The molecule has 1 aromatic carbocycles. The first-order valence-corrected chi connectivity index (χ1v) is 7.96. The number of piperazine rings is 1. The summed E-state index contributed by atoms with van der Waals surface area (Å²) < 4.78 is 0. The van der Waals surface area contributed by atoms with Crippen LogP contribution in [0.15, 0.2) is 24.3 Å². The highest BCUT2D eigenvalue weighted by atomic mass is 15.3. The zero-order valence-electron chi connectivity index (χ0n) is 13.2. The Morgan fingerprint density at radius 1 is 1.05 bits per heavy atom. The van der Waals surface area contributed by atoms with Crippen molar-refractivity contribution in [3.63, 3.8) is 0 Å². The van der Waals surface area contributed by atoms with Gasteiger partial charge in [0.1, 0.15) is 0 Å². The molecule has 0 atom stereocenters. The molecule has 1 aromatic rings. The fraction of sp³-hybridized carbons (Fsp3) is 0.647. The molecule has 0 amide bonds. The van der Waals surface area contributed by atoms with E-state index in [9.17, 15) is 0 Å². The maximum Gasteiger partial charge on any atom is 0.0367 e. The van der Waals surface area contributed by atoms with Gasteiger partial charge < -0.3 is 10.2 Å². The summed E-state index contributed by atoms with van der Waals surface area (Å²) in [6.07, 6.45) is 0. The topological polar surface area (TPSA) is 18.5 Å². The van der Waals surface area contributed by atoms with Gasteiger partial charge in [-0.2, -0.15) is 0 Å². The van der Waals surface area contributed by atoms with Gasteiger partial charge in [-0.1, -0.05) is 32.9 Å². The molecule has 20 heavy (non-hydrogen) atoms. The predicted molar refractivity (Wildman–Crippen MR) is 87.3 cm³/mol. The summed E-state index contributed by atoms with van der Waals surface area (Å²) in [5, 5.41) is 3.37. The Labute approximate surface area is 124 Å². The summed E-state index contributed by atoms with van der Waals surface area (Å²) in [5.74, 6) is 0.770. The number of anilines is 1. The molecule has 1 heterocycles. The van der Waals surface area contributed by atoms with Crippen LogP contribution in [0.1, 0.15) is 26.3 Å². The van der Waals surface area contributed by atoms with Crippen LogP contribution in [-0.2, 0) is 6.54 Å². The van der Waals surface area contributed by atoms with Gasteiger partial charge in [-0.15, -0.1) is 0 Å². The van der Waals surface area contributed by atoms with Crippen LogP contribution in [0.5, 0.6) is 0 Å². The van der Waals surface area contributed by atoms with Gasteiger partial charge in [0.15, 0.2) is 0 Å². The van der Waals surface area contributed by atoms with Crippen LogP contribution in [0.25, 0.3) is 0 Å². The highest BCUT2D eigenvalue weighted by Gasteiger charge is 2.17. The Morgan fingerprint density at radius 2 is 1.70 bits per heavy atom. The molecule has 0 radical (unpaired) electrons. The van der Waals surface area contributed by atoms with E-state index in [1.807, 2.05) is 0 Å². The van der Waals surface area contributed by atoms with Gasteiger partial charge in [0.25, 0.3) is 0 Å². The lowest BCUT2D eigenvalue weighted by Crippen LogP contribution is -2.47. The second-order valence-electron chi connectivity index (χ2n) is 6.13. The largest absolute Gasteiger partial charge is 0.369 e. The summed E-state index contributed by atoms with van der Waals surface area (Å²) in [4.78, 5) is 5.09. The zero-order valence-corrected chi connectivity index (χ0v) is 13.2. The zero-order chi connectivity index (χ0) is 14.4. The molecule has 1 fully saturated rings. The van der Waals surface area contributed by atoms with Crippen molar-refractivity contribution >= 4 is 5.69 Å². The van der Waals surface area contributed by atoms with E-state index >= 15 is 0 Å². The Bertz CT molecular complexity index is 378. The molecule has 0 aromatic heterocycles. The van der Waals surface area contributed by atoms with Crippen LogP contribution < -0.4 is 10.2 Å². The Kier molecular flexibility index (Phi) is 5.86. The number of nitrogens with zero attached hydrogens (tertiary/aromatic N) is 2. The SMILES string of the molecule is CCNCc1ccc(N2CCN(CC(C)C)CC2)cc1. The standard InChI is InChI=1S/C17H29N3/c1-4-18-13-16-5-7-17(8-6-16)20-11-9-19(10-12-20)14-15(2)3/h5-8,15,18H,4,9-14H2,1-3H3. The number of hydrogen-bond donors (Lipinski definition) is 1. The average Bonchev–Trinajstić information content (AvgIpc) is 2.46. The number of benzene rings is 1. The highest BCUT2D eigenvalue weighted by molar-refractivity contribution is 5.48. The monoisotopic (exact) mass is 275 g/mol. The summed E-state index contributed by atoms with van der Waals surface area (Å²) >= 11 is 0. The third-order valence-corrected chi connectivity index (χ3v) is 3.88. The van der Waals surface area contributed by atoms with Crippen molar-refractivity contribution in [2.75, 3.05) is 44.2 Å². The summed E-state index contributed by atoms with van der Waals surface area (Å²) in [6, 6.07) is 9.03. The summed E-state index contributed by atoms with van der Waals surface area (Å²) in [5.41, 5.74) is 2.74. The van der Waals surface area contributed by atoms with Crippen LogP contribution in [0.2, 0.25) is 0 Å². The van der Waals surface area contributed by atoms with Crippen molar-refractivity contribution in [2.45, 2.75) is 27.3 Å². The maximum absolute atomic E-state index is 3.37. The Balaban J connectivity index is 1.84. The van der Waals surface area contributed by atoms with Crippen molar-refractivity contribution in [1.29, 1.82) is 0 Å². The van der Waals surface area contributed by atoms with Crippen LogP contribution in [0.3, 0.4) is 0 Å². The first kappa shape index (κ1) is 15.3. The summed E-state index contributed by atoms with van der Waals surface area (Å²) in [7, 11) is 0. The lowest BCUT2D eigenvalue weighted by Gasteiger charge is -2.36. The average molecular weight is 275 g/mol. The lowest BCUT2D eigenvalue weighted by molar-refractivity contribution is 0.231. The predicted octanol–water partition coefficient (Wildman–Crippen LogP) is 2.57. The third kappa shape index (κ3) is 4.50. The van der Waals surface area contributed by atoms with E-state index < -0.39 is 0 Å². The molecule has 0 saturated carbocycles. The fourth-order valence-electron chi connectivity index (χ4n) is 2.80. The van der Waals surface area contributed by atoms with Crippen LogP contribution in [0, 0.1) is 5.92 Å². The minimum Gasteiger partial charge on any atom is -0.369 e. The molecule has 1 aliphatic heterocycles. The molecule has 0 bridgehead atoms. The molecule has 0 aliphatic carbocycles. The van der Waals surface area contributed by atoms with Crippen LogP contribution in [0.4, 0.5) is 5.69 Å². The Hall–Kier alpha value is -1.06. The molecule has 112 valence electrons. The molecule has 3 heteroatoms.